The summed E-state index contributed by atoms with van der Waals surface area (Å²) in [5.74, 6) is 0.292. The van der Waals surface area contributed by atoms with Crippen molar-refractivity contribution in [1.29, 1.82) is 0 Å². The molecule has 0 amide bonds. The Labute approximate surface area is 213 Å². The molecule has 0 unspecified atom stereocenters. The SMILES string of the molecule is C=C/C=C\C=C(/N)N1CCN(Cc2cc(CN[C@@H](Cc3ccccc3)C(=O)O)cc(OC)c2O)CC1. The van der Waals surface area contributed by atoms with Crippen LogP contribution in [-0.4, -0.2) is 65.3 Å². The van der Waals surface area contributed by atoms with E-state index in [1.807, 2.05) is 54.6 Å². The van der Waals surface area contributed by atoms with Gasteiger partial charge < -0.3 is 30.9 Å². The smallest absolute Gasteiger partial charge is 0.321 e. The number of allylic oxidation sites excluding steroid dienone is 4. The predicted octanol–water partition coefficient (Wildman–Crippen LogP) is 2.85. The number of nitrogens with zero attached hydrogens (tertiary/aromatic N) is 2. The Morgan fingerprint density at radius 3 is 2.53 bits per heavy atom. The van der Waals surface area contributed by atoms with Crippen molar-refractivity contribution in [3.05, 3.63) is 95.9 Å². The van der Waals surface area contributed by atoms with Crippen molar-refractivity contribution >= 4 is 5.97 Å². The van der Waals surface area contributed by atoms with Gasteiger partial charge in [-0.05, 0) is 35.8 Å². The third-order valence-electron chi connectivity index (χ3n) is 6.21. The second-order valence-corrected chi connectivity index (χ2v) is 8.74. The molecule has 192 valence electrons. The first-order valence-electron chi connectivity index (χ1n) is 12.0. The zero-order valence-corrected chi connectivity index (χ0v) is 20.8. The summed E-state index contributed by atoms with van der Waals surface area (Å²) in [5.41, 5.74) is 8.71. The Hall–Kier alpha value is -3.75. The first-order valence-corrected chi connectivity index (χ1v) is 12.0. The van der Waals surface area contributed by atoms with Crippen LogP contribution in [-0.2, 0) is 24.3 Å². The van der Waals surface area contributed by atoms with E-state index in [0.29, 0.717) is 31.1 Å². The molecule has 2 aromatic carbocycles. The quantitative estimate of drug-likeness (QED) is 0.335. The molecular weight excluding hydrogens is 456 g/mol. The third kappa shape index (κ3) is 7.63. The van der Waals surface area contributed by atoms with Crippen LogP contribution in [0.4, 0.5) is 0 Å². The Balaban J connectivity index is 1.64. The second-order valence-electron chi connectivity index (χ2n) is 8.74. The van der Waals surface area contributed by atoms with Crippen molar-refractivity contribution < 1.29 is 19.7 Å². The number of aromatic hydroxyl groups is 1. The molecule has 5 N–H and O–H groups in total. The number of piperazine rings is 1. The summed E-state index contributed by atoms with van der Waals surface area (Å²) in [4.78, 5) is 16.2. The number of rotatable bonds is 12. The van der Waals surface area contributed by atoms with Gasteiger partial charge in [-0.3, -0.25) is 9.69 Å². The topological polar surface area (TPSA) is 111 Å². The summed E-state index contributed by atoms with van der Waals surface area (Å²) in [5, 5.41) is 23.6. The van der Waals surface area contributed by atoms with E-state index in [2.05, 4.69) is 21.7 Å². The number of hydrogen-bond donors (Lipinski definition) is 4. The van der Waals surface area contributed by atoms with Crippen LogP contribution in [0.2, 0.25) is 0 Å². The number of phenolic OH excluding ortho intramolecular Hbond substituents is 1. The van der Waals surface area contributed by atoms with Gasteiger partial charge in [0.15, 0.2) is 11.5 Å². The number of carbonyl (C=O) groups is 1. The number of nitrogens with two attached hydrogens (primary N) is 1. The minimum Gasteiger partial charge on any atom is -0.504 e. The van der Waals surface area contributed by atoms with Gasteiger partial charge >= 0.3 is 5.97 Å². The molecule has 1 aliphatic rings. The van der Waals surface area contributed by atoms with Crippen molar-refractivity contribution in [2.75, 3.05) is 33.3 Å². The van der Waals surface area contributed by atoms with Gasteiger partial charge in [0, 0.05) is 44.8 Å². The average Bonchev–Trinajstić information content (AvgIpc) is 2.89. The number of hydrogen-bond acceptors (Lipinski definition) is 7. The minimum atomic E-state index is -0.906. The van der Waals surface area contributed by atoms with E-state index < -0.39 is 12.0 Å². The summed E-state index contributed by atoms with van der Waals surface area (Å²) in [6, 6.07) is 12.5. The number of aliphatic carboxylic acids is 1. The zero-order valence-electron chi connectivity index (χ0n) is 20.8. The first kappa shape index (κ1) is 26.8. The average molecular weight is 493 g/mol. The van der Waals surface area contributed by atoms with Crippen molar-refractivity contribution in [2.45, 2.75) is 25.6 Å². The van der Waals surface area contributed by atoms with Crippen LogP contribution in [0.1, 0.15) is 16.7 Å². The number of carboxylic acid groups (broad SMARTS) is 1. The molecule has 3 rings (SSSR count). The number of carboxylic acids is 1. The van der Waals surface area contributed by atoms with Gasteiger partial charge in [0.2, 0.25) is 0 Å². The standard InChI is InChI=1S/C28H36N4O4/c1-3-4-6-11-26(29)32-14-12-31(13-15-32)20-23-16-22(18-25(36-2)27(23)33)19-30-24(28(34)35)17-21-9-7-5-8-10-21/h3-11,16,18,24,30,33H,1,12-15,17,19-20,29H2,2H3,(H,34,35)/b6-4-,26-11+/t24-/m0/s1. The van der Waals surface area contributed by atoms with Crippen LogP contribution in [0.5, 0.6) is 11.5 Å². The van der Waals surface area contributed by atoms with Gasteiger partial charge in [-0.15, -0.1) is 0 Å². The molecule has 2 aromatic rings. The Morgan fingerprint density at radius 2 is 1.89 bits per heavy atom. The molecule has 8 heteroatoms. The van der Waals surface area contributed by atoms with Crippen molar-refractivity contribution in [2.24, 2.45) is 5.73 Å². The van der Waals surface area contributed by atoms with Crippen LogP contribution in [0, 0.1) is 0 Å². The van der Waals surface area contributed by atoms with Crippen molar-refractivity contribution in [3.63, 3.8) is 0 Å². The van der Waals surface area contributed by atoms with E-state index in [4.69, 9.17) is 10.5 Å². The third-order valence-corrected chi connectivity index (χ3v) is 6.21. The monoisotopic (exact) mass is 492 g/mol. The lowest BCUT2D eigenvalue weighted by molar-refractivity contribution is -0.139. The van der Waals surface area contributed by atoms with Crippen LogP contribution in [0.25, 0.3) is 0 Å². The lowest BCUT2D eigenvalue weighted by Gasteiger charge is -2.36. The van der Waals surface area contributed by atoms with E-state index in [1.54, 1.807) is 12.1 Å². The van der Waals surface area contributed by atoms with Gasteiger partial charge in [0.25, 0.3) is 0 Å². The molecule has 36 heavy (non-hydrogen) atoms. The summed E-state index contributed by atoms with van der Waals surface area (Å²) in [6.07, 6.45) is 7.65. The van der Waals surface area contributed by atoms with Crippen LogP contribution >= 0.6 is 0 Å². The Morgan fingerprint density at radius 1 is 1.17 bits per heavy atom. The summed E-state index contributed by atoms with van der Waals surface area (Å²) < 4.78 is 5.40. The molecule has 1 saturated heterocycles. The highest BCUT2D eigenvalue weighted by Gasteiger charge is 2.21. The first-order chi connectivity index (χ1) is 17.4. The van der Waals surface area contributed by atoms with Gasteiger partial charge in [-0.25, -0.2) is 0 Å². The van der Waals surface area contributed by atoms with Crippen LogP contribution in [0.3, 0.4) is 0 Å². The minimum absolute atomic E-state index is 0.108. The Bertz CT molecular complexity index is 1080. The normalized spacial score (nSPS) is 15.7. The fourth-order valence-electron chi connectivity index (χ4n) is 4.19. The van der Waals surface area contributed by atoms with Crippen molar-refractivity contribution in [3.8, 4) is 11.5 Å². The van der Waals surface area contributed by atoms with E-state index in [0.717, 1.165) is 42.9 Å². The van der Waals surface area contributed by atoms with Gasteiger partial charge in [-0.2, -0.15) is 0 Å². The molecule has 0 radical (unpaired) electrons. The number of methoxy groups -OCH3 is 1. The number of benzene rings is 2. The molecular formula is C28H36N4O4. The maximum atomic E-state index is 11.8. The van der Waals surface area contributed by atoms with E-state index in [1.165, 1.54) is 7.11 Å². The fraction of sp³-hybridized carbons (Fsp3) is 0.321. The largest absolute Gasteiger partial charge is 0.504 e. The van der Waals surface area contributed by atoms with Crippen LogP contribution < -0.4 is 15.8 Å². The highest BCUT2D eigenvalue weighted by Crippen LogP contribution is 2.32. The highest BCUT2D eigenvalue weighted by molar-refractivity contribution is 5.74. The number of phenols is 1. The molecule has 0 saturated carbocycles. The van der Waals surface area contributed by atoms with Crippen molar-refractivity contribution in [1.82, 2.24) is 15.1 Å². The predicted molar refractivity (Wildman–Crippen MR) is 142 cm³/mol. The van der Waals surface area contributed by atoms with Gasteiger partial charge in [0.05, 0.1) is 12.9 Å². The molecule has 1 fully saturated rings. The molecule has 8 nitrogen and oxygen atoms in total. The van der Waals surface area contributed by atoms with Crippen LogP contribution in [0.15, 0.2) is 79.2 Å². The molecule has 1 atom stereocenters. The summed E-state index contributed by atoms with van der Waals surface area (Å²) in [6.45, 7) is 7.69. The summed E-state index contributed by atoms with van der Waals surface area (Å²) in [7, 11) is 1.51. The molecule has 1 aliphatic heterocycles. The second kappa shape index (κ2) is 13.4. The maximum Gasteiger partial charge on any atom is 0.321 e. The van der Waals surface area contributed by atoms with E-state index in [9.17, 15) is 15.0 Å². The molecule has 0 aliphatic carbocycles. The summed E-state index contributed by atoms with van der Waals surface area (Å²) >= 11 is 0. The zero-order chi connectivity index (χ0) is 25.9. The fourth-order valence-corrected chi connectivity index (χ4v) is 4.19. The molecule has 0 aromatic heterocycles. The highest BCUT2D eigenvalue weighted by atomic mass is 16.5. The number of nitrogens with one attached hydrogen (secondary N) is 1. The molecule has 0 spiro atoms. The van der Waals surface area contributed by atoms with E-state index >= 15 is 0 Å². The molecule has 0 bridgehead atoms. The van der Waals surface area contributed by atoms with Gasteiger partial charge in [0.1, 0.15) is 6.04 Å². The molecule has 1 heterocycles. The van der Waals surface area contributed by atoms with Gasteiger partial charge in [-0.1, -0.05) is 55.1 Å². The Kier molecular flexibility index (Phi) is 9.97. The lowest BCUT2D eigenvalue weighted by atomic mass is 10.0. The maximum absolute atomic E-state index is 11.8. The van der Waals surface area contributed by atoms with E-state index in [-0.39, 0.29) is 5.75 Å². The lowest BCUT2D eigenvalue weighted by Crippen LogP contribution is -2.46. The number of ether oxygens (including phenoxy) is 1.